The molecule has 0 aliphatic carbocycles. The van der Waals surface area contributed by atoms with Crippen molar-refractivity contribution in [2.24, 2.45) is 0 Å². The first-order valence-electron chi connectivity index (χ1n) is 6.34. The molecule has 1 atom stereocenters. The predicted octanol–water partition coefficient (Wildman–Crippen LogP) is 1.77. The average Bonchev–Trinajstić information content (AvgIpc) is 2.37. The zero-order chi connectivity index (χ0) is 15.8. The molecule has 9 heteroatoms. The Hall–Kier alpha value is -0.830. The molecular formula is C12H16ClNO5S2. The maximum Gasteiger partial charge on any atom is 0.261 e. The van der Waals surface area contributed by atoms with Gasteiger partial charge in [0.25, 0.3) is 9.05 Å². The van der Waals surface area contributed by atoms with Crippen LogP contribution in [0.15, 0.2) is 23.1 Å². The van der Waals surface area contributed by atoms with E-state index in [4.69, 9.17) is 15.4 Å². The molecule has 1 aromatic rings. The van der Waals surface area contributed by atoms with Crippen LogP contribution in [0, 0.1) is 0 Å². The number of benzene rings is 1. The van der Waals surface area contributed by atoms with Crippen LogP contribution in [0.5, 0.6) is 5.75 Å². The van der Waals surface area contributed by atoms with Gasteiger partial charge in [-0.15, -0.1) is 0 Å². The Labute approximate surface area is 128 Å². The normalized spacial score (nSPS) is 19.1. The third-order valence-corrected chi connectivity index (χ3v) is 6.44. The third-order valence-electron chi connectivity index (χ3n) is 3.23. The molecule has 1 aromatic carbocycles. The van der Waals surface area contributed by atoms with Crippen molar-refractivity contribution in [3.8, 4) is 5.75 Å². The topological polar surface area (TPSA) is 89.5 Å². The lowest BCUT2D eigenvalue weighted by atomic mass is 10.0. The van der Waals surface area contributed by atoms with Gasteiger partial charge in [0.2, 0.25) is 10.0 Å². The molecule has 0 aromatic heterocycles. The fraction of sp³-hybridized carbons (Fsp3) is 0.500. The van der Waals surface area contributed by atoms with Gasteiger partial charge in [-0.25, -0.2) is 21.6 Å². The van der Waals surface area contributed by atoms with E-state index in [0.29, 0.717) is 24.3 Å². The third kappa shape index (κ3) is 3.68. The van der Waals surface area contributed by atoms with Crippen LogP contribution in [0.25, 0.3) is 0 Å². The first kappa shape index (κ1) is 16.5. The molecule has 6 nitrogen and oxygen atoms in total. The van der Waals surface area contributed by atoms with E-state index in [1.165, 1.54) is 18.2 Å². The van der Waals surface area contributed by atoms with Crippen LogP contribution in [0.2, 0.25) is 0 Å². The van der Waals surface area contributed by atoms with Crippen molar-refractivity contribution >= 4 is 29.8 Å². The summed E-state index contributed by atoms with van der Waals surface area (Å²) >= 11 is 0. The number of hydrogen-bond acceptors (Lipinski definition) is 5. The van der Waals surface area contributed by atoms with Crippen LogP contribution < -0.4 is 9.46 Å². The van der Waals surface area contributed by atoms with Gasteiger partial charge < -0.3 is 4.74 Å². The molecule has 118 valence electrons. The van der Waals surface area contributed by atoms with E-state index in [1.807, 2.05) is 0 Å². The van der Waals surface area contributed by atoms with Gasteiger partial charge in [0, 0.05) is 22.7 Å². The fourth-order valence-electron chi connectivity index (χ4n) is 1.98. The van der Waals surface area contributed by atoms with E-state index in [2.05, 4.69) is 4.72 Å². The maximum atomic E-state index is 12.0. The first-order chi connectivity index (χ1) is 9.61. The Balaban J connectivity index is 2.43. The highest BCUT2D eigenvalue weighted by atomic mass is 35.7. The molecule has 2 rings (SSSR count). The Morgan fingerprint density at radius 3 is 2.52 bits per heavy atom. The molecule has 1 heterocycles. The number of halogens is 1. The predicted molar refractivity (Wildman–Crippen MR) is 79.5 cm³/mol. The summed E-state index contributed by atoms with van der Waals surface area (Å²) in [5.74, 6) is 0.460. The van der Waals surface area contributed by atoms with E-state index < -0.39 is 30.4 Å². The molecule has 0 radical (unpaired) electrons. The van der Waals surface area contributed by atoms with E-state index in [1.54, 1.807) is 13.8 Å². The fourth-order valence-corrected chi connectivity index (χ4v) is 3.68. The summed E-state index contributed by atoms with van der Waals surface area (Å²) in [6, 6.07) is 3.64. The highest BCUT2D eigenvalue weighted by Gasteiger charge is 2.28. The van der Waals surface area contributed by atoms with Crippen LogP contribution in [-0.2, 0) is 19.1 Å². The molecule has 0 fully saturated rings. The lowest BCUT2D eigenvalue weighted by Gasteiger charge is -2.27. The average molecular weight is 354 g/mol. The molecule has 1 N–H and O–H groups in total. The molecular weight excluding hydrogens is 338 g/mol. The van der Waals surface area contributed by atoms with Crippen molar-refractivity contribution < 1.29 is 21.6 Å². The summed E-state index contributed by atoms with van der Waals surface area (Å²) in [4.78, 5) is -0.0813. The summed E-state index contributed by atoms with van der Waals surface area (Å²) in [6.45, 7) is 3.50. The van der Waals surface area contributed by atoms with Gasteiger partial charge in [0.1, 0.15) is 5.75 Å². The number of hydrogen-bond donors (Lipinski definition) is 1. The van der Waals surface area contributed by atoms with Crippen LogP contribution in [0.3, 0.4) is 0 Å². The van der Waals surface area contributed by atoms with Gasteiger partial charge in [-0.05, 0) is 32.0 Å². The SMILES string of the molecule is CC(C)S(=O)(=O)NC1CCOc2ccc(S(=O)(=O)Cl)cc21. The van der Waals surface area contributed by atoms with Crippen molar-refractivity contribution in [3.63, 3.8) is 0 Å². The molecule has 1 unspecified atom stereocenters. The molecule has 1 aliphatic heterocycles. The standard InChI is InChI=1S/C12H16ClNO5S2/c1-8(2)21(17,18)14-11-5-6-19-12-4-3-9(7-10(11)12)20(13,15)16/h3-4,7-8,11,14H,5-6H2,1-2H3. The molecule has 0 bridgehead atoms. The summed E-state index contributed by atoms with van der Waals surface area (Å²) in [5.41, 5.74) is 0.479. The van der Waals surface area contributed by atoms with E-state index in [9.17, 15) is 16.8 Å². The lowest BCUT2D eigenvalue weighted by molar-refractivity contribution is 0.262. The maximum absolute atomic E-state index is 12.0. The minimum absolute atomic E-state index is 0.0813. The Bertz CT molecular complexity index is 743. The Kier molecular flexibility index (Phi) is 4.53. The highest BCUT2D eigenvalue weighted by Crippen LogP contribution is 2.35. The van der Waals surface area contributed by atoms with Crippen molar-refractivity contribution in [1.29, 1.82) is 0 Å². The van der Waals surface area contributed by atoms with E-state index in [0.717, 1.165) is 0 Å². The summed E-state index contributed by atoms with van der Waals surface area (Å²) < 4.78 is 54.8. The zero-order valence-corrected chi connectivity index (χ0v) is 13.9. The molecule has 0 saturated heterocycles. The van der Waals surface area contributed by atoms with Crippen LogP contribution in [0.1, 0.15) is 31.9 Å². The number of rotatable bonds is 4. The lowest BCUT2D eigenvalue weighted by Crippen LogP contribution is -2.36. The summed E-state index contributed by atoms with van der Waals surface area (Å²) in [6.07, 6.45) is 0.421. The molecule has 1 aliphatic rings. The van der Waals surface area contributed by atoms with Crippen molar-refractivity contribution in [2.45, 2.75) is 36.5 Å². The second-order valence-corrected chi connectivity index (χ2v) is 9.87. The number of ether oxygens (including phenoxy) is 1. The van der Waals surface area contributed by atoms with Crippen molar-refractivity contribution in [1.82, 2.24) is 4.72 Å². The minimum Gasteiger partial charge on any atom is -0.493 e. The zero-order valence-electron chi connectivity index (χ0n) is 11.5. The summed E-state index contributed by atoms with van der Waals surface area (Å²) in [5, 5.41) is -0.580. The smallest absolute Gasteiger partial charge is 0.261 e. The van der Waals surface area contributed by atoms with Gasteiger partial charge in [0.05, 0.1) is 22.8 Å². The van der Waals surface area contributed by atoms with Crippen LogP contribution in [-0.4, -0.2) is 28.7 Å². The van der Waals surface area contributed by atoms with Crippen LogP contribution >= 0.6 is 10.7 Å². The van der Waals surface area contributed by atoms with Gasteiger partial charge in [-0.3, -0.25) is 0 Å². The van der Waals surface area contributed by atoms with E-state index in [-0.39, 0.29) is 4.90 Å². The van der Waals surface area contributed by atoms with Gasteiger partial charge in [-0.1, -0.05) is 0 Å². The van der Waals surface area contributed by atoms with Crippen molar-refractivity contribution in [2.75, 3.05) is 6.61 Å². The molecule has 21 heavy (non-hydrogen) atoms. The van der Waals surface area contributed by atoms with Crippen molar-refractivity contribution in [3.05, 3.63) is 23.8 Å². The largest absolute Gasteiger partial charge is 0.493 e. The van der Waals surface area contributed by atoms with Gasteiger partial charge in [-0.2, -0.15) is 0 Å². The molecule has 0 spiro atoms. The number of sulfonamides is 1. The summed E-state index contributed by atoms with van der Waals surface area (Å²) in [7, 11) is -2.03. The van der Waals surface area contributed by atoms with E-state index >= 15 is 0 Å². The quantitative estimate of drug-likeness (QED) is 0.833. The Morgan fingerprint density at radius 1 is 1.29 bits per heavy atom. The monoisotopic (exact) mass is 353 g/mol. The van der Waals surface area contributed by atoms with Crippen LogP contribution in [0.4, 0.5) is 0 Å². The second-order valence-electron chi connectivity index (χ2n) is 5.04. The molecule has 0 amide bonds. The van der Waals surface area contributed by atoms with Gasteiger partial charge in [0.15, 0.2) is 0 Å². The molecule has 0 saturated carbocycles. The number of fused-ring (bicyclic) bond motifs is 1. The second kappa shape index (κ2) is 5.75. The first-order valence-corrected chi connectivity index (χ1v) is 10.2. The Morgan fingerprint density at radius 2 is 1.95 bits per heavy atom. The van der Waals surface area contributed by atoms with Gasteiger partial charge >= 0.3 is 0 Å². The highest BCUT2D eigenvalue weighted by molar-refractivity contribution is 8.13. The number of nitrogens with one attached hydrogen (secondary N) is 1. The minimum atomic E-state index is -3.88.